The summed E-state index contributed by atoms with van der Waals surface area (Å²) in [7, 11) is 0. The number of allylic oxidation sites excluding steroid dienone is 1. The van der Waals surface area contributed by atoms with Crippen molar-refractivity contribution in [3.8, 4) is 0 Å². The molecule has 0 aromatic heterocycles. The summed E-state index contributed by atoms with van der Waals surface area (Å²) in [5, 5.41) is 12.8. The zero-order valence-corrected chi connectivity index (χ0v) is 21.1. The van der Waals surface area contributed by atoms with E-state index in [-0.39, 0.29) is 11.0 Å². The van der Waals surface area contributed by atoms with Gasteiger partial charge in [0.25, 0.3) is 0 Å². The van der Waals surface area contributed by atoms with E-state index in [0.717, 1.165) is 51.5 Å². The number of rotatable bonds is 7. The largest absolute Gasteiger partial charge is 0.355 e. The van der Waals surface area contributed by atoms with Gasteiger partial charge in [-0.1, -0.05) is 76.3 Å². The van der Waals surface area contributed by atoms with E-state index in [1.165, 1.54) is 50.5 Å². The summed E-state index contributed by atoms with van der Waals surface area (Å²) in [6.45, 7) is 7.27. The van der Waals surface area contributed by atoms with Gasteiger partial charge in [0.15, 0.2) is 0 Å². The summed E-state index contributed by atoms with van der Waals surface area (Å²) >= 11 is 0. The first-order chi connectivity index (χ1) is 16.5. The third kappa shape index (κ3) is 5.88. The van der Waals surface area contributed by atoms with Crippen molar-refractivity contribution in [1.29, 1.82) is 0 Å². The number of likely N-dealkylation sites (tertiary alicyclic amines) is 1. The van der Waals surface area contributed by atoms with Gasteiger partial charge in [0.1, 0.15) is 0 Å². The van der Waals surface area contributed by atoms with E-state index in [1.807, 2.05) is 6.92 Å². The number of benzene rings is 1. The van der Waals surface area contributed by atoms with Crippen molar-refractivity contribution in [1.82, 2.24) is 10.2 Å². The number of nitrogens with one attached hydrogen (secondary N) is 1. The molecule has 3 fully saturated rings. The summed E-state index contributed by atoms with van der Waals surface area (Å²) < 4.78 is 0. The van der Waals surface area contributed by atoms with Crippen LogP contribution in [0.3, 0.4) is 0 Å². The van der Waals surface area contributed by atoms with Gasteiger partial charge in [-0.25, -0.2) is 0 Å². The Morgan fingerprint density at radius 3 is 2.32 bits per heavy atom. The summed E-state index contributed by atoms with van der Waals surface area (Å²) in [5.74, 6) is 0.884. The molecule has 2 aliphatic heterocycles. The number of carbonyl (C=O) groups excluding carboxylic acids is 1. The van der Waals surface area contributed by atoms with E-state index in [0.29, 0.717) is 11.8 Å². The van der Waals surface area contributed by atoms with Crippen molar-refractivity contribution >= 4 is 5.91 Å². The minimum atomic E-state index is -0.449. The zero-order valence-electron chi connectivity index (χ0n) is 21.1. The Bertz CT molecular complexity index is 809. The molecule has 4 rings (SSSR count). The molecule has 2 heterocycles. The second kappa shape index (κ2) is 12.5. The lowest BCUT2D eigenvalue weighted by Gasteiger charge is -2.52. The Balaban J connectivity index is 0.000000350. The molecule has 1 aliphatic carbocycles. The van der Waals surface area contributed by atoms with Crippen LogP contribution in [0.15, 0.2) is 42.6 Å². The van der Waals surface area contributed by atoms with Crippen LogP contribution < -0.4 is 5.32 Å². The molecule has 2 saturated heterocycles. The molecule has 0 radical (unpaired) electrons. The van der Waals surface area contributed by atoms with E-state index in [1.54, 1.807) is 6.08 Å². The van der Waals surface area contributed by atoms with Crippen LogP contribution >= 0.6 is 0 Å². The predicted molar refractivity (Wildman–Crippen MR) is 137 cm³/mol. The van der Waals surface area contributed by atoms with Crippen LogP contribution in [0.4, 0.5) is 0 Å². The Hall–Kier alpha value is -2.21. The summed E-state index contributed by atoms with van der Waals surface area (Å²) in [5.41, 5.74) is 1.62. The summed E-state index contributed by atoms with van der Waals surface area (Å²) in [6, 6.07) is 11.2. The average molecular weight is 470 g/mol. The fraction of sp³-hybridized carbons (Fsp3) is 0.679. The van der Waals surface area contributed by atoms with Crippen LogP contribution in [0, 0.1) is 21.4 Å². The van der Waals surface area contributed by atoms with Crippen molar-refractivity contribution in [3.63, 3.8) is 0 Å². The first kappa shape index (κ1) is 26.4. The molecule has 1 spiro atoms. The van der Waals surface area contributed by atoms with E-state index in [2.05, 4.69) is 47.5 Å². The van der Waals surface area contributed by atoms with E-state index in [4.69, 9.17) is 0 Å². The smallest absolute Gasteiger partial charge is 0.230 e. The highest BCUT2D eigenvalue weighted by Gasteiger charge is 2.53. The normalized spacial score (nSPS) is 23.9. The molecule has 34 heavy (non-hydrogen) atoms. The lowest BCUT2D eigenvalue weighted by Crippen LogP contribution is -2.55. The molecule has 188 valence electrons. The first-order valence-electron chi connectivity index (χ1n) is 13.4. The minimum absolute atomic E-state index is 0.0843. The van der Waals surface area contributed by atoms with Gasteiger partial charge in [0.05, 0.1) is 10.3 Å². The van der Waals surface area contributed by atoms with Crippen LogP contribution in [-0.4, -0.2) is 35.4 Å². The van der Waals surface area contributed by atoms with Gasteiger partial charge in [-0.05, 0) is 56.1 Å². The number of nitrogens with zero attached hydrogens (tertiary/aromatic N) is 2. The molecule has 1 aromatic carbocycles. The molecule has 6 heteroatoms. The lowest BCUT2D eigenvalue weighted by atomic mass is 9.67. The Morgan fingerprint density at radius 2 is 1.74 bits per heavy atom. The van der Waals surface area contributed by atoms with Gasteiger partial charge in [0.2, 0.25) is 12.1 Å². The van der Waals surface area contributed by atoms with Crippen LogP contribution in [0.2, 0.25) is 0 Å². The van der Waals surface area contributed by atoms with Crippen molar-refractivity contribution in [3.05, 3.63) is 58.3 Å². The van der Waals surface area contributed by atoms with Gasteiger partial charge in [-0.2, -0.15) is 0 Å². The van der Waals surface area contributed by atoms with Gasteiger partial charge in [-0.15, -0.1) is 0 Å². The highest BCUT2D eigenvalue weighted by atomic mass is 16.6. The monoisotopic (exact) mass is 469 g/mol. The fourth-order valence-corrected chi connectivity index (χ4v) is 6.47. The Labute approximate surface area is 205 Å². The topological polar surface area (TPSA) is 75.5 Å². The van der Waals surface area contributed by atoms with Crippen molar-refractivity contribution < 1.29 is 9.72 Å². The molecule has 1 amide bonds. The number of nitro groups is 1. The molecular weight excluding hydrogens is 426 g/mol. The summed E-state index contributed by atoms with van der Waals surface area (Å²) in [4.78, 5) is 24.6. The molecule has 1 saturated carbocycles. The zero-order chi connectivity index (χ0) is 24.4. The number of amides is 1. The number of hydrogen-bond donors (Lipinski definition) is 1. The minimum Gasteiger partial charge on any atom is -0.355 e. The standard InChI is InChI=1S/C23H34N2O.C5H9NO2/c1-2-9-20-18-24-21(26)22(20)14-16-25(17-15-22)23(12-7-4-8-13-23)19-10-5-3-6-11-19;1-2-3-4-5-6(7)8/h3,5-6,10-11,20H,2,4,7-9,12-18H2,1H3,(H,24,26);4-5H,2-3H2,1H3/b;5-4+. The maximum absolute atomic E-state index is 12.7. The molecule has 1 atom stereocenters. The molecule has 6 nitrogen and oxygen atoms in total. The molecule has 0 bridgehead atoms. The average Bonchev–Trinajstić information content (AvgIpc) is 3.16. The van der Waals surface area contributed by atoms with Crippen molar-refractivity contribution in [2.45, 2.75) is 90.0 Å². The van der Waals surface area contributed by atoms with E-state index in [9.17, 15) is 14.9 Å². The fourth-order valence-electron chi connectivity index (χ4n) is 6.47. The molecule has 1 aromatic rings. The third-order valence-electron chi connectivity index (χ3n) is 8.32. The Kier molecular flexibility index (Phi) is 9.69. The van der Waals surface area contributed by atoms with Crippen molar-refractivity contribution in [2.24, 2.45) is 11.3 Å². The number of carbonyl (C=O) groups is 1. The van der Waals surface area contributed by atoms with E-state index >= 15 is 0 Å². The quantitative estimate of drug-likeness (QED) is 0.389. The van der Waals surface area contributed by atoms with Gasteiger partial charge >= 0.3 is 0 Å². The third-order valence-corrected chi connectivity index (χ3v) is 8.32. The molecule has 3 aliphatic rings. The molecule has 1 N–H and O–H groups in total. The molecule has 1 unspecified atom stereocenters. The van der Waals surface area contributed by atoms with Gasteiger partial charge in [0, 0.05) is 25.2 Å². The van der Waals surface area contributed by atoms with Crippen LogP contribution in [0.25, 0.3) is 0 Å². The Morgan fingerprint density at radius 1 is 1.06 bits per heavy atom. The first-order valence-corrected chi connectivity index (χ1v) is 13.4. The molecular formula is C28H43N3O3. The van der Waals surface area contributed by atoms with E-state index < -0.39 is 4.92 Å². The van der Waals surface area contributed by atoms with Crippen LogP contribution in [0.1, 0.15) is 90.0 Å². The highest BCUT2D eigenvalue weighted by Crippen LogP contribution is 2.49. The number of hydrogen-bond acceptors (Lipinski definition) is 4. The van der Waals surface area contributed by atoms with Gasteiger partial charge < -0.3 is 5.32 Å². The second-order valence-electron chi connectivity index (χ2n) is 10.3. The maximum atomic E-state index is 12.7. The lowest BCUT2D eigenvalue weighted by molar-refractivity contribution is -0.402. The van der Waals surface area contributed by atoms with Crippen LogP contribution in [-0.2, 0) is 10.3 Å². The predicted octanol–water partition coefficient (Wildman–Crippen LogP) is 6.05. The highest BCUT2D eigenvalue weighted by molar-refractivity contribution is 5.85. The maximum Gasteiger partial charge on any atom is 0.230 e. The number of piperidine rings is 1. The van der Waals surface area contributed by atoms with Crippen LogP contribution in [0.5, 0.6) is 0 Å². The number of unbranched alkanes of at least 4 members (excludes halogenated alkanes) is 1. The van der Waals surface area contributed by atoms with Gasteiger partial charge in [-0.3, -0.25) is 19.8 Å². The summed E-state index contributed by atoms with van der Waals surface area (Å²) in [6.07, 6.45) is 15.3. The van der Waals surface area contributed by atoms with Crippen molar-refractivity contribution in [2.75, 3.05) is 19.6 Å². The second-order valence-corrected chi connectivity index (χ2v) is 10.3. The SMILES string of the molecule is CCC/C=C/[N+](=O)[O-].CCCC1CNC(=O)C12CCN(C1(c3ccccc3)CCCCC1)CC2.